The van der Waals surface area contributed by atoms with Crippen LogP contribution in [0.2, 0.25) is 0 Å². The fourth-order valence-electron chi connectivity index (χ4n) is 2.22. The normalized spacial score (nSPS) is 10.4. The summed E-state index contributed by atoms with van der Waals surface area (Å²) in [5.41, 5.74) is 15.0. The van der Waals surface area contributed by atoms with Gasteiger partial charge in [0.2, 0.25) is 0 Å². The molecule has 116 valence electrons. The predicted molar refractivity (Wildman–Crippen MR) is 93.8 cm³/mol. The van der Waals surface area contributed by atoms with Crippen LogP contribution in [0.25, 0.3) is 0 Å². The van der Waals surface area contributed by atoms with Gasteiger partial charge in [-0.2, -0.15) is 0 Å². The Morgan fingerprint density at radius 1 is 1.00 bits per heavy atom. The van der Waals surface area contributed by atoms with E-state index in [-0.39, 0.29) is 5.78 Å². The lowest BCUT2D eigenvalue weighted by atomic mass is 10.0. The molecule has 5 heteroatoms. The maximum atomic E-state index is 12.6. The van der Waals surface area contributed by atoms with Gasteiger partial charge in [0.15, 0.2) is 5.78 Å². The van der Waals surface area contributed by atoms with Gasteiger partial charge < -0.3 is 16.2 Å². The summed E-state index contributed by atoms with van der Waals surface area (Å²) < 4.78 is 5.74. The van der Waals surface area contributed by atoms with Gasteiger partial charge >= 0.3 is 0 Å². The summed E-state index contributed by atoms with van der Waals surface area (Å²) in [6, 6.07) is 14.3. The summed E-state index contributed by atoms with van der Waals surface area (Å²) in [5, 5.41) is 3.79. The molecule has 2 aromatic carbocycles. The van der Waals surface area contributed by atoms with Crippen LogP contribution < -0.4 is 16.2 Å². The largest absolute Gasteiger partial charge is 0.487 e. The Labute approximate surface area is 138 Å². The molecule has 0 fully saturated rings. The minimum atomic E-state index is -0.122. The van der Waals surface area contributed by atoms with Gasteiger partial charge in [0.05, 0.1) is 5.69 Å². The molecule has 0 unspecified atom stereocenters. The number of benzene rings is 2. The summed E-state index contributed by atoms with van der Waals surface area (Å²) in [4.78, 5) is 12.6. The SMILES string of the molecule is Nc1cscc1COc1cccc(C(=O)c2ccccc2)c1N. The average Bonchev–Trinajstić information content (AvgIpc) is 2.99. The van der Waals surface area contributed by atoms with Crippen LogP contribution in [-0.4, -0.2) is 5.78 Å². The minimum absolute atomic E-state index is 0.122. The number of nitrogens with two attached hydrogens (primary N) is 2. The minimum Gasteiger partial charge on any atom is -0.487 e. The van der Waals surface area contributed by atoms with Crippen molar-refractivity contribution in [2.45, 2.75) is 6.61 Å². The Morgan fingerprint density at radius 3 is 2.48 bits per heavy atom. The standard InChI is InChI=1S/C18H16N2O2S/c19-15-11-23-10-13(15)9-22-16-8-4-7-14(17(16)20)18(21)12-5-2-1-3-6-12/h1-8,10-11H,9,19-20H2. The van der Waals surface area contributed by atoms with Crippen LogP contribution in [0.15, 0.2) is 59.3 Å². The fourth-order valence-corrected chi connectivity index (χ4v) is 2.95. The summed E-state index contributed by atoms with van der Waals surface area (Å²) >= 11 is 1.52. The van der Waals surface area contributed by atoms with Gasteiger partial charge in [0.1, 0.15) is 12.4 Å². The first-order valence-corrected chi connectivity index (χ1v) is 8.02. The third kappa shape index (κ3) is 3.19. The molecule has 23 heavy (non-hydrogen) atoms. The molecule has 0 amide bonds. The lowest BCUT2D eigenvalue weighted by Gasteiger charge is -2.12. The van der Waals surface area contributed by atoms with Crippen LogP contribution >= 0.6 is 11.3 Å². The number of carbonyl (C=O) groups excluding carboxylic acids is 1. The highest BCUT2D eigenvalue weighted by atomic mass is 32.1. The predicted octanol–water partition coefficient (Wildman–Crippen LogP) is 3.72. The van der Waals surface area contributed by atoms with Crippen molar-refractivity contribution in [2.24, 2.45) is 0 Å². The second kappa shape index (κ2) is 6.54. The van der Waals surface area contributed by atoms with Crippen molar-refractivity contribution >= 4 is 28.5 Å². The molecule has 1 heterocycles. The van der Waals surface area contributed by atoms with E-state index in [1.807, 2.05) is 29.0 Å². The van der Waals surface area contributed by atoms with Crippen molar-refractivity contribution in [3.63, 3.8) is 0 Å². The van der Waals surface area contributed by atoms with Crippen molar-refractivity contribution in [1.29, 1.82) is 0 Å². The summed E-state index contributed by atoms with van der Waals surface area (Å²) in [5.74, 6) is 0.362. The van der Waals surface area contributed by atoms with Gasteiger partial charge in [-0.25, -0.2) is 0 Å². The molecule has 1 aromatic heterocycles. The quantitative estimate of drug-likeness (QED) is 0.554. The number of hydrogen-bond acceptors (Lipinski definition) is 5. The van der Waals surface area contributed by atoms with Gasteiger partial charge in [-0.15, -0.1) is 11.3 Å². The Kier molecular flexibility index (Phi) is 4.30. The molecule has 0 atom stereocenters. The Balaban J connectivity index is 1.84. The number of nitrogen functional groups attached to an aromatic ring is 2. The molecule has 4 nitrogen and oxygen atoms in total. The first-order chi connectivity index (χ1) is 11.2. The van der Waals surface area contributed by atoms with Crippen LogP contribution in [-0.2, 0) is 6.61 Å². The molecular formula is C18H16N2O2S. The number of ether oxygens (including phenoxy) is 1. The highest BCUT2D eigenvalue weighted by molar-refractivity contribution is 7.08. The van der Waals surface area contributed by atoms with Crippen LogP contribution in [0.3, 0.4) is 0 Å². The number of carbonyl (C=O) groups is 1. The summed E-state index contributed by atoms with van der Waals surface area (Å²) in [6.07, 6.45) is 0. The molecule has 0 saturated heterocycles. The van der Waals surface area contributed by atoms with Gasteiger partial charge in [0.25, 0.3) is 0 Å². The number of hydrogen-bond donors (Lipinski definition) is 2. The third-order valence-electron chi connectivity index (χ3n) is 3.51. The summed E-state index contributed by atoms with van der Waals surface area (Å²) in [6.45, 7) is 0.322. The molecule has 0 saturated carbocycles. The van der Waals surface area contributed by atoms with E-state index in [0.717, 1.165) is 5.56 Å². The van der Waals surface area contributed by atoms with E-state index >= 15 is 0 Å². The zero-order valence-electron chi connectivity index (χ0n) is 12.4. The molecular weight excluding hydrogens is 308 g/mol. The monoisotopic (exact) mass is 324 g/mol. The number of ketones is 1. The van der Waals surface area contributed by atoms with E-state index in [1.165, 1.54) is 11.3 Å². The Morgan fingerprint density at radius 2 is 1.78 bits per heavy atom. The van der Waals surface area contributed by atoms with E-state index in [0.29, 0.717) is 34.9 Å². The van der Waals surface area contributed by atoms with E-state index in [1.54, 1.807) is 30.3 Å². The molecule has 0 aliphatic heterocycles. The highest BCUT2D eigenvalue weighted by Gasteiger charge is 2.15. The molecule has 0 aliphatic rings. The first-order valence-electron chi connectivity index (χ1n) is 7.08. The lowest BCUT2D eigenvalue weighted by molar-refractivity contribution is 0.103. The van der Waals surface area contributed by atoms with E-state index in [4.69, 9.17) is 16.2 Å². The third-order valence-corrected chi connectivity index (χ3v) is 4.32. The van der Waals surface area contributed by atoms with Gasteiger partial charge in [-0.3, -0.25) is 4.79 Å². The van der Waals surface area contributed by atoms with Crippen molar-refractivity contribution in [3.05, 3.63) is 76.0 Å². The van der Waals surface area contributed by atoms with Crippen LogP contribution in [0, 0.1) is 0 Å². The summed E-state index contributed by atoms with van der Waals surface area (Å²) in [7, 11) is 0. The zero-order valence-corrected chi connectivity index (χ0v) is 13.2. The Hall–Kier alpha value is -2.79. The van der Waals surface area contributed by atoms with Gasteiger partial charge in [-0.1, -0.05) is 36.4 Å². The number of rotatable bonds is 5. The van der Waals surface area contributed by atoms with Gasteiger partial charge in [-0.05, 0) is 17.5 Å². The maximum Gasteiger partial charge on any atom is 0.195 e. The molecule has 0 aliphatic carbocycles. The van der Waals surface area contributed by atoms with Crippen molar-refractivity contribution < 1.29 is 9.53 Å². The van der Waals surface area contributed by atoms with Gasteiger partial charge in [0, 0.05) is 27.8 Å². The highest BCUT2D eigenvalue weighted by Crippen LogP contribution is 2.29. The number of anilines is 2. The topological polar surface area (TPSA) is 78.3 Å². The van der Waals surface area contributed by atoms with Crippen LogP contribution in [0.1, 0.15) is 21.5 Å². The van der Waals surface area contributed by atoms with E-state index in [9.17, 15) is 4.79 Å². The molecule has 3 aromatic rings. The average molecular weight is 324 g/mol. The fraction of sp³-hybridized carbons (Fsp3) is 0.0556. The second-order valence-corrected chi connectivity index (χ2v) is 5.80. The molecule has 0 spiro atoms. The van der Waals surface area contributed by atoms with E-state index in [2.05, 4.69) is 0 Å². The molecule has 4 N–H and O–H groups in total. The number of thiophene rings is 1. The number of para-hydroxylation sites is 1. The molecule has 3 rings (SSSR count). The van der Waals surface area contributed by atoms with Crippen LogP contribution in [0.5, 0.6) is 5.75 Å². The lowest BCUT2D eigenvalue weighted by Crippen LogP contribution is -2.07. The van der Waals surface area contributed by atoms with Crippen molar-refractivity contribution in [1.82, 2.24) is 0 Å². The maximum absolute atomic E-state index is 12.6. The van der Waals surface area contributed by atoms with E-state index < -0.39 is 0 Å². The smallest absolute Gasteiger partial charge is 0.195 e. The van der Waals surface area contributed by atoms with Crippen molar-refractivity contribution in [2.75, 3.05) is 11.5 Å². The van der Waals surface area contributed by atoms with Crippen molar-refractivity contribution in [3.8, 4) is 5.75 Å². The zero-order chi connectivity index (χ0) is 16.2. The Bertz CT molecular complexity index is 828. The first kappa shape index (κ1) is 15.1. The second-order valence-electron chi connectivity index (χ2n) is 5.05. The molecule has 0 radical (unpaired) electrons. The molecule has 0 bridgehead atoms. The van der Waals surface area contributed by atoms with Crippen LogP contribution in [0.4, 0.5) is 11.4 Å².